The molecule has 1 aromatic rings. The Morgan fingerprint density at radius 2 is 1.88 bits per heavy atom. The first-order chi connectivity index (χ1) is 7.50. The highest BCUT2D eigenvalue weighted by atomic mass is 35.5. The molecule has 0 aromatic heterocycles. The minimum atomic E-state index is 0.0366. The van der Waals surface area contributed by atoms with E-state index in [4.69, 9.17) is 34.8 Å². The van der Waals surface area contributed by atoms with Crippen LogP contribution in [0.15, 0.2) is 12.1 Å². The van der Waals surface area contributed by atoms with Crippen LogP contribution in [-0.4, -0.2) is 10.9 Å². The van der Waals surface area contributed by atoms with Gasteiger partial charge < -0.3 is 0 Å². The molecule has 0 atom stereocenters. The van der Waals surface area contributed by atoms with Gasteiger partial charge in [0, 0.05) is 12.5 Å². The highest BCUT2D eigenvalue weighted by Crippen LogP contribution is 2.28. The summed E-state index contributed by atoms with van der Waals surface area (Å²) in [6.45, 7) is 1.50. The molecule has 1 rings (SSSR count). The topological polar surface area (TPSA) is 17.1 Å². The van der Waals surface area contributed by atoms with Crippen molar-refractivity contribution >= 4 is 51.7 Å². The van der Waals surface area contributed by atoms with Gasteiger partial charge in [0.1, 0.15) is 0 Å². The average molecular weight is 294 g/mol. The zero-order valence-corrected chi connectivity index (χ0v) is 11.4. The van der Waals surface area contributed by atoms with Crippen molar-refractivity contribution in [1.29, 1.82) is 0 Å². The molecule has 1 nitrogen and oxygen atoms in total. The summed E-state index contributed by atoms with van der Waals surface area (Å²) in [4.78, 5) is 10.7. The Hall–Kier alpha value is -0.330. The zero-order chi connectivity index (χ0) is 12.1. The van der Waals surface area contributed by atoms with Crippen LogP contribution in [0.5, 0.6) is 0 Å². The van der Waals surface area contributed by atoms with Crippen LogP contribution in [0.1, 0.15) is 12.5 Å². The van der Waals surface area contributed by atoms with Gasteiger partial charge in [-0.1, -0.05) is 58.4 Å². The SMILES string of the molecule is CC(=O)SCC#Cc1cc(Cl)c(Cl)cc1Cl. The lowest BCUT2D eigenvalue weighted by Crippen LogP contribution is -1.83. The molecule has 0 aliphatic carbocycles. The van der Waals surface area contributed by atoms with Crippen molar-refractivity contribution in [3.8, 4) is 11.8 Å². The van der Waals surface area contributed by atoms with Crippen LogP contribution in [0.3, 0.4) is 0 Å². The summed E-state index contributed by atoms with van der Waals surface area (Å²) in [5.74, 6) is 6.10. The van der Waals surface area contributed by atoms with E-state index in [1.54, 1.807) is 12.1 Å². The number of halogens is 3. The third-order valence-electron chi connectivity index (χ3n) is 1.58. The summed E-state index contributed by atoms with van der Waals surface area (Å²) < 4.78 is 0. The van der Waals surface area contributed by atoms with E-state index in [2.05, 4.69) is 11.8 Å². The molecule has 0 saturated carbocycles. The van der Waals surface area contributed by atoms with Gasteiger partial charge in [-0.05, 0) is 12.1 Å². The van der Waals surface area contributed by atoms with Gasteiger partial charge in [0.2, 0.25) is 0 Å². The predicted molar refractivity (Wildman–Crippen MR) is 71.5 cm³/mol. The second-order valence-corrected chi connectivity index (χ2v) is 5.20. The Bertz CT molecular complexity index is 474. The second kappa shape index (κ2) is 6.42. The smallest absolute Gasteiger partial charge is 0.186 e. The quantitative estimate of drug-likeness (QED) is 0.568. The van der Waals surface area contributed by atoms with E-state index in [0.717, 1.165) is 11.8 Å². The molecular weight excluding hydrogens is 287 g/mol. The van der Waals surface area contributed by atoms with Crippen molar-refractivity contribution < 1.29 is 4.79 Å². The van der Waals surface area contributed by atoms with Gasteiger partial charge in [0.15, 0.2) is 5.12 Å². The van der Waals surface area contributed by atoms with Gasteiger partial charge in [0.25, 0.3) is 0 Å². The maximum atomic E-state index is 10.7. The molecule has 0 bridgehead atoms. The maximum absolute atomic E-state index is 10.7. The van der Waals surface area contributed by atoms with Crippen LogP contribution < -0.4 is 0 Å². The molecule has 1 aromatic carbocycles. The van der Waals surface area contributed by atoms with E-state index in [1.165, 1.54) is 6.92 Å². The summed E-state index contributed by atoms with van der Waals surface area (Å²) in [5, 5.41) is 1.30. The summed E-state index contributed by atoms with van der Waals surface area (Å²) in [7, 11) is 0. The molecule has 0 heterocycles. The van der Waals surface area contributed by atoms with Gasteiger partial charge >= 0.3 is 0 Å². The monoisotopic (exact) mass is 292 g/mol. The number of carbonyl (C=O) groups excluding carboxylic acids is 1. The van der Waals surface area contributed by atoms with Gasteiger partial charge in [0.05, 0.1) is 20.8 Å². The molecular formula is C11H7Cl3OS. The van der Waals surface area contributed by atoms with E-state index >= 15 is 0 Å². The van der Waals surface area contributed by atoms with E-state index in [-0.39, 0.29) is 5.12 Å². The first-order valence-electron chi connectivity index (χ1n) is 4.27. The fourth-order valence-corrected chi connectivity index (χ4v) is 1.83. The van der Waals surface area contributed by atoms with E-state index < -0.39 is 0 Å². The minimum Gasteiger partial charge on any atom is -0.288 e. The number of carbonyl (C=O) groups is 1. The lowest BCUT2D eigenvalue weighted by Gasteiger charge is -1.99. The van der Waals surface area contributed by atoms with Crippen molar-refractivity contribution in [3.63, 3.8) is 0 Å². The molecule has 0 radical (unpaired) electrons. The number of hydrogen-bond donors (Lipinski definition) is 0. The molecule has 0 saturated heterocycles. The second-order valence-electron chi connectivity index (χ2n) is 2.83. The lowest BCUT2D eigenvalue weighted by molar-refractivity contribution is -0.109. The molecule has 84 valence electrons. The molecule has 16 heavy (non-hydrogen) atoms. The molecule has 0 amide bonds. The van der Waals surface area contributed by atoms with E-state index in [1.807, 2.05) is 0 Å². The molecule has 0 fully saturated rings. The third-order valence-corrected chi connectivity index (χ3v) is 3.31. The largest absolute Gasteiger partial charge is 0.288 e. The van der Waals surface area contributed by atoms with Crippen LogP contribution in [-0.2, 0) is 4.79 Å². The normalized spacial score (nSPS) is 9.50. The maximum Gasteiger partial charge on any atom is 0.186 e. The Labute approximate surface area is 113 Å². The minimum absolute atomic E-state index is 0.0366. The van der Waals surface area contributed by atoms with Crippen molar-refractivity contribution in [2.45, 2.75) is 6.92 Å². The highest BCUT2D eigenvalue weighted by Gasteiger charge is 2.03. The standard InChI is InChI=1S/C11H7Cl3OS/c1-7(15)16-4-2-3-8-5-10(13)11(14)6-9(8)12/h5-6H,4H2,1H3. The average Bonchev–Trinajstić information content (AvgIpc) is 2.19. The van der Waals surface area contributed by atoms with Gasteiger partial charge in [-0.15, -0.1) is 0 Å². The number of rotatable bonds is 1. The van der Waals surface area contributed by atoms with Crippen molar-refractivity contribution in [3.05, 3.63) is 32.8 Å². The molecule has 0 unspecified atom stereocenters. The van der Waals surface area contributed by atoms with Crippen molar-refractivity contribution in [1.82, 2.24) is 0 Å². The van der Waals surface area contributed by atoms with Gasteiger partial charge in [-0.25, -0.2) is 0 Å². The molecule has 0 aliphatic heterocycles. The van der Waals surface area contributed by atoms with Crippen LogP contribution in [0, 0.1) is 11.8 Å². The van der Waals surface area contributed by atoms with Gasteiger partial charge in [-0.2, -0.15) is 0 Å². The number of thioether (sulfide) groups is 1. The molecule has 0 N–H and O–H groups in total. The van der Waals surface area contributed by atoms with Crippen molar-refractivity contribution in [2.75, 3.05) is 5.75 Å². The first kappa shape index (κ1) is 13.7. The Balaban J connectivity index is 2.81. The fourth-order valence-electron chi connectivity index (χ4n) is 0.887. The van der Waals surface area contributed by atoms with Crippen molar-refractivity contribution in [2.24, 2.45) is 0 Å². The van der Waals surface area contributed by atoms with Gasteiger partial charge in [-0.3, -0.25) is 4.79 Å². The van der Waals surface area contributed by atoms with Crippen LogP contribution in [0.25, 0.3) is 0 Å². The Morgan fingerprint density at radius 3 is 2.50 bits per heavy atom. The Morgan fingerprint density at radius 1 is 1.25 bits per heavy atom. The summed E-state index contributed by atoms with van der Waals surface area (Å²) in [6.07, 6.45) is 0. The zero-order valence-electron chi connectivity index (χ0n) is 8.31. The predicted octanol–water partition coefficient (Wildman–Crippen LogP) is 4.28. The number of hydrogen-bond acceptors (Lipinski definition) is 2. The Kier molecular flexibility index (Phi) is 5.51. The highest BCUT2D eigenvalue weighted by molar-refractivity contribution is 8.13. The first-order valence-corrected chi connectivity index (χ1v) is 6.39. The lowest BCUT2D eigenvalue weighted by atomic mass is 10.2. The molecule has 0 spiro atoms. The number of benzene rings is 1. The molecule has 5 heteroatoms. The summed E-state index contributed by atoms with van der Waals surface area (Å²) in [5.41, 5.74) is 0.611. The van der Waals surface area contributed by atoms with E-state index in [9.17, 15) is 4.79 Å². The summed E-state index contributed by atoms with van der Waals surface area (Å²) in [6, 6.07) is 3.16. The molecule has 0 aliphatic rings. The van der Waals surface area contributed by atoms with Crippen LogP contribution in [0.4, 0.5) is 0 Å². The summed E-state index contributed by atoms with van der Waals surface area (Å²) >= 11 is 18.7. The third kappa shape index (κ3) is 4.27. The van der Waals surface area contributed by atoms with Crippen LogP contribution >= 0.6 is 46.6 Å². The van der Waals surface area contributed by atoms with E-state index in [0.29, 0.717) is 26.4 Å². The van der Waals surface area contributed by atoms with Crippen LogP contribution in [0.2, 0.25) is 15.1 Å². The fraction of sp³-hybridized carbons (Fsp3) is 0.182.